The van der Waals surface area contributed by atoms with Gasteiger partial charge in [-0.05, 0) is 50.1 Å². The van der Waals surface area contributed by atoms with E-state index in [9.17, 15) is 22.8 Å². The van der Waals surface area contributed by atoms with Gasteiger partial charge in [-0.2, -0.15) is 13.2 Å². The first-order valence-electron chi connectivity index (χ1n) is 7.62. The van der Waals surface area contributed by atoms with E-state index in [4.69, 9.17) is 5.73 Å². The lowest BCUT2D eigenvalue weighted by Crippen LogP contribution is -2.51. The third-order valence-corrected chi connectivity index (χ3v) is 4.64. The number of urea groups is 2. The molecular formula is C17H18F3N3O2S. The number of hydrogen-bond donors (Lipinski definition) is 3. The maximum Gasteiger partial charge on any atom is 0.416 e. The Morgan fingerprint density at radius 1 is 1.31 bits per heavy atom. The van der Waals surface area contributed by atoms with E-state index in [1.807, 2.05) is 17.5 Å². The number of hydrogen-bond acceptors (Lipinski definition) is 3. The van der Waals surface area contributed by atoms with Gasteiger partial charge in [-0.25, -0.2) is 9.59 Å². The predicted molar refractivity (Wildman–Crippen MR) is 93.5 cm³/mol. The van der Waals surface area contributed by atoms with Gasteiger partial charge in [0.2, 0.25) is 0 Å². The van der Waals surface area contributed by atoms with E-state index in [1.165, 1.54) is 30.8 Å². The van der Waals surface area contributed by atoms with Gasteiger partial charge in [0.25, 0.3) is 0 Å². The van der Waals surface area contributed by atoms with Crippen LogP contribution in [0.1, 0.15) is 24.5 Å². The van der Waals surface area contributed by atoms with Gasteiger partial charge in [0.15, 0.2) is 0 Å². The number of allylic oxidation sites excluding steroid dienone is 1. The van der Waals surface area contributed by atoms with Gasteiger partial charge in [-0.3, -0.25) is 5.32 Å². The lowest BCUT2D eigenvalue weighted by atomic mass is 9.94. The minimum Gasteiger partial charge on any atom is -0.351 e. The molecule has 1 aliphatic carbocycles. The first-order chi connectivity index (χ1) is 12.0. The summed E-state index contributed by atoms with van der Waals surface area (Å²) in [7, 11) is 0. The van der Waals surface area contributed by atoms with Crippen molar-refractivity contribution in [3.8, 4) is 0 Å². The molecule has 5 nitrogen and oxygen atoms in total. The standard InChI is InChI=1S/C17H18F3N3O2S/c1-10-8-11(5-6-13(10)17(18,19)20)26-12-4-3-7-16(2,9-12)23-15(25)22-14(21)24/h3-6,8-9H,7H2,1-2H3,(H4,21,22,23,24,25). The molecule has 26 heavy (non-hydrogen) atoms. The minimum absolute atomic E-state index is 0.143. The molecule has 1 aliphatic rings. The van der Waals surface area contributed by atoms with E-state index in [0.29, 0.717) is 11.3 Å². The van der Waals surface area contributed by atoms with Crippen molar-refractivity contribution >= 4 is 23.8 Å². The number of amides is 4. The number of aryl methyl sites for hydroxylation is 1. The van der Waals surface area contributed by atoms with Crippen LogP contribution in [-0.2, 0) is 6.18 Å². The summed E-state index contributed by atoms with van der Waals surface area (Å²) in [6, 6.07) is 2.26. The molecule has 1 atom stereocenters. The highest BCUT2D eigenvalue weighted by Gasteiger charge is 2.32. The summed E-state index contributed by atoms with van der Waals surface area (Å²) in [6.45, 7) is 3.17. The molecule has 0 fully saturated rings. The van der Waals surface area contributed by atoms with Crippen molar-refractivity contribution in [1.82, 2.24) is 10.6 Å². The fraction of sp³-hybridized carbons (Fsp3) is 0.294. The second kappa shape index (κ2) is 7.45. The number of rotatable bonds is 3. The lowest BCUT2D eigenvalue weighted by Gasteiger charge is -2.29. The van der Waals surface area contributed by atoms with Gasteiger partial charge in [0, 0.05) is 9.80 Å². The number of benzene rings is 1. The Bertz CT molecular complexity index is 790. The molecule has 2 rings (SSSR count). The number of carbonyl (C=O) groups is 2. The molecule has 0 saturated heterocycles. The summed E-state index contributed by atoms with van der Waals surface area (Å²) in [5, 5.41) is 4.57. The average Bonchev–Trinajstić information content (AvgIpc) is 2.44. The molecule has 1 unspecified atom stereocenters. The SMILES string of the molecule is Cc1cc(SC2=CC(C)(NC(=O)NC(N)=O)CC=C2)ccc1C(F)(F)F. The van der Waals surface area contributed by atoms with Crippen LogP contribution >= 0.6 is 11.8 Å². The third-order valence-electron chi connectivity index (χ3n) is 3.66. The number of alkyl halides is 3. The Labute approximate surface area is 152 Å². The van der Waals surface area contributed by atoms with Crippen molar-refractivity contribution < 1.29 is 22.8 Å². The fourth-order valence-electron chi connectivity index (χ4n) is 2.55. The van der Waals surface area contributed by atoms with Gasteiger partial charge in [0.05, 0.1) is 11.1 Å². The molecule has 1 aromatic rings. The van der Waals surface area contributed by atoms with E-state index in [2.05, 4.69) is 5.32 Å². The molecule has 0 aromatic heterocycles. The summed E-state index contributed by atoms with van der Waals surface area (Å²) in [5.41, 5.74) is 3.63. The van der Waals surface area contributed by atoms with Crippen LogP contribution in [0.3, 0.4) is 0 Å². The van der Waals surface area contributed by atoms with Crippen molar-refractivity contribution in [1.29, 1.82) is 0 Å². The molecule has 0 radical (unpaired) electrons. The average molecular weight is 385 g/mol. The van der Waals surface area contributed by atoms with Crippen LogP contribution in [0.4, 0.5) is 22.8 Å². The minimum atomic E-state index is -4.38. The van der Waals surface area contributed by atoms with Gasteiger partial charge < -0.3 is 11.1 Å². The smallest absolute Gasteiger partial charge is 0.351 e. The Morgan fingerprint density at radius 3 is 2.58 bits per heavy atom. The number of halogens is 3. The molecule has 9 heteroatoms. The largest absolute Gasteiger partial charge is 0.416 e. The zero-order valence-corrected chi connectivity index (χ0v) is 14.9. The Kier molecular flexibility index (Phi) is 5.70. The molecule has 1 aromatic carbocycles. The number of primary amides is 1. The Hall–Kier alpha value is -2.42. The first kappa shape index (κ1) is 19.9. The molecular weight excluding hydrogens is 367 g/mol. The van der Waals surface area contributed by atoms with E-state index in [-0.39, 0.29) is 5.56 Å². The molecule has 0 saturated carbocycles. The van der Waals surface area contributed by atoms with Crippen molar-refractivity contribution in [3.05, 3.63) is 52.5 Å². The van der Waals surface area contributed by atoms with Crippen LogP contribution in [0.2, 0.25) is 0 Å². The second-order valence-electron chi connectivity index (χ2n) is 6.09. The van der Waals surface area contributed by atoms with Gasteiger partial charge in [0.1, 0.15) is 0 Å². The van der Waals surface area contributed by atoms with E-state index >= 15 is 0 Å². The zero-order valence-electron chi connectivity index (χ0n) is 14.1. The van der Waals surface area contributed by atoms with Crippen LogP contribution < -0.4 is 16.4 Å². The van der Waals surface area contributed by atoms with Crippen molar-refractivity contribution in [2.24, 2.45) is 5.73 Å². The first-order valence-corrected chi connectivity index (χ1v) is 8.44. The van der Waals surface area contributed by atoms with Crippen LogP contribution in [0.15, 0.2) is 46.2 Å². The summed E-state index contributed by atoms with van der Waals surface area (Å²) in [5.74, 6) is 0. The molecule has 4 amide bonds. The second-order valence-corrected chi connectivity index (χ2v) is 7.24. The number of imide groups is 1. The van der Waals surface area contributed by atoms with E-state index in [1.54, 1.807) is 13.0 Å². The van der Waals surface area contributed by atoms with Crippen molar-refractivity contribution in [2.75, 3.05) is 0 Å². The molecule has 4 N–H and O–H groups in total. The third kappa shape index (κ3) is 5.29. The summed E-state index contributed by atoms with van der Waals surface area (Å²) in [4.78, 5) is 23.8. The Morgan fingerprint density at radius 2 is 2.00 bits per heavy atom. The van der Waals surface area contributed by atoms with Crippen molar-refractivity contribution in [3.63, 3.8) is 0 Å². The van der Waals surface area contributed by atoms with Gasteiger partial charge >= 0.3 is 18.2 Å². The highest BCUT2D eigenvalue weighted by molar-refractivity contribution is 8.03. The van der Waals surface area contributed by atoms with E-state index < -0.39 is 29.3 Å². The number of carbonyl (C=O) groups excluding carboxylic acids is 2. The highest BCUT2D eigenvalue weighted by atomic mass is 32.2. The Balaban J connectivity index is 2.15. The normalized spacial score (nSPS) is 19.7. The summed E-state index contributed by atoms with van der Waals surface area (Å²) in [6.07, 6.45) is 1.56. The van der Waals surface area contributed by atoms with Gasteiger partial charge in [-0.1, -0.05) is 23.9 Å². The summed E-state index contributed by atoms with van der Waals surface area (Å²) < 4.78 is 38.5. The van der Waals surface area contributed by atoms with Crippen LogP contribution in [0.5, 0.6) is 0 Å². The topological polar surface area (TPSA) is 84.2 Å². The van der Waals surface area contributed by atoms with Crippen LogP contribution in [-0.4, -0.2) is 17.6 Å². The molecule has 0 spiro atoms. The molecule has 0 bridgehead atoms. The highest BCUT2D eigenvalue weighted by Crippen LogP contribution is 2.37. The number of thioether (sulfide) groups is 1. The quantitative estimate of drug-likeness (QED) is 0.733. The fourth-order valence-corrected chi connectivity index (χ4v) is 3.68. The monoisotopic (exact) mass is 385 g/mol. The van der Waals surface area contributed by atoms with Crippen LogP contribution in [0, 0.1) is 6.92 Å². The summed E-state index contributed by atoms with van der Waals surface area (Å²) >= 11 is 1.28. The zero-order chi connectivity index (χ0) is 19.5. The van der Waals surface area contributed by atoms with Crippen molar-refractivity contribution in [2.45, 2.75) is 36.9 Å². The number of nitrogens with one attached hydrogen (secondary N) is 2. The maximum atomic E-state index is 12.8. The molecule has 0 aliphatic heterocycles. The molecule has 0 heterocycles. The predicted octanol–water partition coefficient (Wildman–Crippen LogP) is 4.09. The van der Waals surface area contributed by atoms with Crippen LogP contribution in [0.25, 0.3) is 0 Å². The molecule has 140 valence electrons. The lowest BCUT2D eigenvalue weighted by molar-refractivity contribution is -0.138. The maximum absolute atomic E-state index is 12.8. The number of nitrogens with two attached hydrogens (primary N) is 1. The van der Waals surface area contributed by atoms with Gasteiger partial charge in [-0.15, -0.1) is 0 Å². The van der Waals surface area contributed by atoms with E-state index in [0.717, 1.165) is 11.0 Å².